The van der Waals surface area contributed by atoms with E-state index in [1.165, 1.54) is 13.8 Å². The fraction of sp³-hybridized carbons (Fsp3) is 0.389. The Balaban J connectivity index is 1.92. The summed E-state index contributed by atoms with van der Waals surface area (Å²) < 4.78 is 12.1. The number of ether oxygens (including phenoxy) is 2. The monoisotopic (exact) mass is 419 g/mol. The van der Waals surface area contributed by atoms with Crippen LogP contribution < -0.4 is 10.9 Å². The largest absolute Gasteiger partial charge is 0.463 e. The zero-order chi connectivity index (χ0) is 21.0. The minimum Gasteiger partial charge on any atom is -0.463 e. The molecular weight excluding hydrogens is 398 g/mol. The summed E-state index contributed by atoms with van der Waals surface area (Å²) in [5, 5.41) is 2.49. The Labute approximate surface area is 169 Å². The van der Waals surface area contributed by atoms with Gasteiger partial charge in [-0.3, -0.25) is 24.7 Å². The lowest BCUT2D eigenvalue weighted by Crippen LogP contribution is -2.17. The van der Waals surface area contributed by atoms with Gasteiger partial charge < -0.3 is 14.0 Å². The van der Waals surface area contributed by atoms with Gasteiger partial charge in [0.05, 0.1) is 18.1 Å². The number of hydrogen-bond acceptors (Lipinski definition) is 8. The molecule has 11 heteroatoms. The van der Waals surface area contributed by atoms with Gasteiger partial charge in [-0.05, 0) is 19.1 Å². The van der Waals surface area contributed by atoms with Gasteiger partial charge in [0.15, 0.2) is 17.0 Å². The van der Waals surface area contributed by atoms with E-state index in [2.05, 4.69) is 20.3 Å². The number of aromatic amines is 1. The Hall–Kier alpha value is -3.05. The number of nitrogens with zero attached hydrogens (tertiary/aromatic N) is 3. The number of aryl methyl sites for hydroxylation is 1. The van der Waals surface area contributed by atoms with Crippen molar-refractivity contribution in [2.45, 2.75) is 27.3 Å². The fourth-order valence-electron chi connectivity index (χ4n) is 2.69. The molecule has 10 nitrogen and oxygen atoms in total. The van der Waals surface area contributed by atoms with Crippen molar-refractivity contribution in [1.29, 1.82) is 0 Å². The Morgan fingerprint density at radius 2 is 2.00 bits per heavy atom. The highest BCUT2D eigenvalue weighted by Gasteiger charge is 2.18. The number of carbonyl (C=O) groups excluding carboxylic acids is 2. The lowest BCUT2D eigenvalue weighted by Gasteiger charge is -2.09. The van der Waals surface area contributed by atoms with Crippen LogP contribution in [0.5, 0.6) is 0 Å². The van der Waals surface area contributed by atoms with Crippen LogP contribution in [0.15, 0.2) is 16.9 Å². The number of aromatic nitrogens is 4. The number of hydrogen-bond donors (Lipinski definition) is 2. The van der Waals surface area contributed by atoms with Crippen LogP contribution in [0, 0.1) is 6.92 Å². The van der Waals surface area contributed by atoms with Crippen molar-refractivity contribution in [2.24, 2.45) is 0 Å². The molecule has 3 heterocycles. The van der Waals surface area contributed by atoms with Crippen LogP contribution in [-0.4, -0.2) is 51.2 Å². The van der Waals surface area contributed by atoms with Crippen molar-refractivity contribution in [2.75, 3.05) is 25.1 Å². The molecule has 0 fully saturated rings. The topological polar surface area (TPSA) is 128 Å². The van der Waals surface area contributed by atoms with E-state index in [0.29, 0.717) is 24.6 Å². The third-order valence-electron chi connectivity index (χ3n) is 3.85. The standard InChI is InChI=1S/C18H21N5O5S/c1-10-4-5-13(29-10)15-20-14-16(21-18(19-11(2)24)22-17(14)26)23(15)6-7-27-8-9-28-12(3)25/h4-5H,6-9H2,1-3H3,(H2,19,21,22,24,26). The molecule has 0 unspecified atom stereocenters. The highest BCUT2D eigenvalue weighted by atomic mass is 32.1. The molecule has 29 heavy (non-hydrogen) atoms. The molecule has 0 saturated heterocycles. The highest BCUT2D eigenvalue weighted by molar-refractivity contribution is 7.15. The molecule has 0 bridgehead atoms. The number of thiophene rings is 1. The summed E-state index contributed by atoms with van der Waals surface area (Å²) in [5.74, 6) is -0.0551. The van der Waals surface area contributed by atoms with Gasteiger partial charge in [0.1, 0.15) is 6.61 Å². The van der Waals surface area contributed by atoms with Gasteiger partial charge in [0.2, 0.25) is 11.9 Å². The Bertz CT molecular complexity index is 1100. The smallest absolute Gasteiger partial charge is 0.302 e. The van der Waals surface area contributed by atoms with Crippen molar-refractivity contribution in [1.82, 2.24) is 19.5 Å². The molecule has 0 atom stereocenters. The van der Waals surface area contributed by atoms with E-state index in [-0.39, 0.29) is 36.6 Å². The van der Waals surface area contributed by atoms with Crippen LogP contribution in [0.3, 0.4) is 0 Å². The second kappa shape index (κ2) is 8.97. The van der Waals surface area contributed by atoms with E-state index in [4.69, 9.17) is 9.47 Å². The molecule has 1 amide bonds. The zero-order valence-electron chi connectivity index (χ0n) is 16.3. The van der Waals surface area contributed by atoms with Crippen LogP contribution in [0.2, 0.25) is 0 Å². The van der Waals surface area contributed by atoms with Gasteiger partial charge in [-0.1, -0.05) is 0 Å². The zero-order valence-corrected chi connectivity index (χ0v) is 17.1. The van der Waals surface area contributed by atoms with E-state index < -0.39 is 5.56 Å². The first-order valence-electron chi connectivity index (χ1n) is 8.91. The van der Waals surface area contributed by atoms with Crippen molar-refractivity contribution in [3.05, 3.63) is 27.4 Å². The second-order valence-corrected chi connectivity index (χ2v) is 7.51. The van der Waals surface area contributed by atoms with Crippen LogP contribution in [0.4, 0.5) is 5.95 Å². The van der Waals surface area contributed by atoms with Crippen molar-refractivity contribution < 1.29 is 19.1 Å². The number of H-pyrrole nitrogens is 1. The lowest BCUT2D eigenvalue weighted by molar-refractivity contribution is -0.142. The van der Waals surface area contributed by atoms with Gasteiger partial charge in [0.25, 0.3) is 5.56 Å². The maximum absolute atomic E-state index is 12.5. The summed E-state index contributed by atoms with van der Waals surface area (Å²) in [7, 11) is 0. The third-order valence-corrected chi connectivity index (χ3v) is 4.85. The lowest BCUT2D eigenvalue weighted by atomic mass is 10.4. The maximum Gasteiger partial charge on any atom is 0.302 e. The summed E-state index contributed by atoms with van der Waals surface area (Å²) in [6, 6.07) is 3.90. The quantitative estimate of drug-likeness (QED) is 0.420. The number of carbonyl (C=O) groups is 2. The van der Waals surface area contributed by atoms with E-state index >= 15 is 0 Å². The van der Waals surface area contributed by atoms with E-state index in [9.17, 15) is 14.4 Å². The average Bonchev–Trinajstić information content (AvgIpc) is 3.21. The minimum absolute atomic E-state index is 0.0563. The molecule has 0 aliphatic carbocycles. The van der Waals surface area contributed by atoms with Crippen molar-refractivity contribution in [3.63, 3.8) is 0 Å². The molecule has 3 aromatic heterocycles. The number of nitrogens with one attached hydrogen (secondary N) is 2. The van der Waals surface area contributed by atoms with E-state index in [0.717, 1.165) is 9.75 Å². The van der Waals surface area contributed by atoms with E-state index in [1.807, 2.05) is 19.1 Å². The molecular formula is C18H21N5O5S. The predicted molar refractivity (Wildman–Crippen MR) is 108 cm³/mol. The summed E-state index contributed by atoms with van der Waals surface area (Å²) in [6.45, 7) is 5.75. The first-order valence-corrected chi connectivity index (χ1v) is 9.73. The molecule has 2 N–H and O–H groups in total. The maximum atomic E-state index is 12.5. The molecule has 0 aromatic carbocycles. The summed E-state index contributed by atoms with van der Waals surface area (Å²) in [5.41, 5.74) is 0.0880. The fourth-order valence-corrected chi connectivity index (χ4v) is 3.56. The van der Waals surface area contributed by atoms with Crippen LogP contribution in [0.1, 0.15) is 18.7 Å². The van der Waals surface area contributed by atoms with Gasteiger partial charge in [-0.25, -0.2) is 4.98 Å². The number of rotatable bonds is 8. The second-order valence-electron chi connectivity index (χ2n) is 6.22. The summed E-state index contributed by atoms with van der Waals surface area (Å²) in [6.07, 6.45) is 0. The van der Waals surface area contributed by atoms with Gasteiger partial charge in [-0.15, -0.1) is 11.3 Å². The Kier molecular flexibility index (Phi) is 6.39. The third kappa shape index (κ3) is 5.06. The number of esters is 1. The molecule has 0 spiro atoms. The first kappa shape index (κ1) is 20.7. The van der Waals surface area contributed by atoms with Crippen molar-refractivity contribution >= 4 is 40.3 Å². The van der Waals surface area contributed by atoms with E-state index in [1.54, 1.807) is 15.9 Å². The van der Waals surface area contributed by atoms with Crippen LogP contribution >= 0.6 is 11.3 Å². The van der Waals surface area contributed by atoms with Gasteiger partial charge in [0, 0.05) is 25.3 Å². The van der Waals surface area contributed by atoms with Gasteiger partial charge in [-0.2, -0.15) is 4.98 Å². The number of imidazole rings is 1. The molecule has 154 valence electrons. The normalized spacial score (nSPS) is 11.0. The Morgan fingerprint density at radius 1 is 1.21 bits per heavy atom. The van der Waals surface area contributed by atoms with Gasteiger partial charge >= 0.3 is 5.97 Å². The van der Waals surface area contributed by atoms with Crippen LogP contribution in [-0.2, 0) is 25.6 Å². The minimum atomic E-state index is -0.442. The number of fused-ring (bicyclic) bond motifs is 1. The summed E-state index contributed by atoms with van der Waals surface area (Å²) >= 11 is 1.55. The molecule has 0 aliphatic heterocycles. The molecule has 3 aromatic rings. The molecule has 0 saturated carbocycles. The molecule has 3 rings (SSSR count). The Morgan fingerprint density at radius 3 is 2.66 bits per heavy atom. The molecule has 0 aliphatic rings. The average molecular weight is 419 g/mol. The van der Waals surface area contributed by atoms with Crippen LogP contribution in [0.25, 0.3) is 21.9 Å². The SMILES string of the molecule is CC(=O)Nc1nc2c(nc(-c3ccc(C)s3)n2CCOCCOC(C)=O)c(=O)[nH]1. The predicted octanol–water partition coefficient (Wildman–Crippen LogP) is 1.69. The first-order chi connectivity index (χ1) is 13.8. The molecule has 0 radical (unpaired) electrons. The van der Waals surface area contributed by atoms with Crippen molar-refractivity contribution in [3.8, 4) is 10.7 Å². The number of anilines is 1. The number of amides is 1. The highest BCUT2D eigenvalue weighted by Crippen LogP contribution is 2.29. The summed E-state index contributed by atoms with van der Waals surface area (Å²) in [4.78, 5) is 48.0.